The molecule has 0 aliphatic carbocycles. The fourth-order valence-corrected chi connectivity index (χ4v) is 2.54. The summed E-state index contributed by atoms with van der Waals surface area (Å²) < 4.78 is 0. The molecule has 0 atom stereocenters. The highest BCUT2D eigenvalue weighted by Crippen LogP contribution is 2.25. The Labute approximate surface area is 113 Å². The lowest BCUT2D eigenvalue weighted by atomic mass is 10.2. The standard InChI is InChI=1S/C13H18Cl2N2/c14-12-5-3-4-11(13(12)15)10-16-6-9-17-7-1-2-8-17/h3-5,16H,1-2,6-10H2. The number of hydrogen-bond acceptors (Lipinski definition) is 2. The molecule has 0 radical (unpaired) electrons. The highest BCUT2D eigenvalue weighted by molar-refractivity contribution is 6.42. The van der Waals surface area contributed by atoms with E-state index in [4.69, 9.17) is 23.2 Å². The SMILES string of the molecule is Clc1cccc(CNCCN2CCCC2)c1Cl. The number of rotatable bonds is 5. The van der Waals surface area contributed by atoms with Crippen LogP contribution in [-0.4, -0.2) is 31.1 Å². The largest absolute Gasteiger partial charge is 0.311 e. The van der Waals surface area contributed by atoms with Gasteiger partial charge in [0.25, 0.3) is 0 Å². The van der Waals surface area contributed by atoms with Crippen molar-refractivity contribution in [2.75, 3.05) is 26.2 Å². The Morgan fingerprint density at radius 1 is 1.18 bits per heavy atom. The van der Waals surface area contributed by atoms with Crippen molar-refractivity contribution in [2.45, 2.75) is 19.4 Å². The lowest BCUT2D eigenvalue weighted by Crippen LogP contribution is -2.29. The Morgan fingerprint density at radius 3 is 2.71 bits per heavy atom. The first-order valence-corrected chi connectivity index (χ1v) is 6.89. The molecule has 2 nitrogen and oxygen atoms in total. The normalized spacial score (nSPS) is 16.6. The van der Waals surface area contributed by atoms with Crippen LogP contribution in [0.4, 0.5) is 0 Å². The Balaban J connectivity index is 1.72. The summed E-state index contributed by atoms with van der Waals surface area (Å²) in [6, 6.07) is 5.76. The maximum absolute atomic E-state index is 6.12. The number of benzene rings is 1. The molecule has 1 aromatic carbocycles. The average Bonchev–Trinajstić information content (AvgIpc) is 2.83. The molecule has 1 fully saturated rings. The maximum Gasteiger partial charge on any atom is 0.0637 e. The van der Waals surface area contributed by atoms with Crippen LogP contribution in [0.3, 0.4) is 0 Å². The molecule has 0 saturated carbocycles. The second-order valence-electron chi connectivity index (χ2n) is 4.44. The Morgan fingerprint density at radius 2 is 1.94 bits per heavy atom. The molecule has 1 heterocycles. The van der Waals surface area contributed by atoms with Crippen LogP contribution < -0.4 is 5.32 Å². The molecule has 1 N–H and O–H groups in total. The Bertz CT molecular complexity index is 362. The molecule has 0 aromatic heterocycles. The minimum absolute atomic E-state index is 0.630. The molecule has 94 valence electrons. The maximum atomic E-state index is 6.12. The van der Waals surface area contributed by atoms with E-state index < -0.39 is 0 Å². The molecule has 0 amide bonds. The van der Waals surface area contributed by atoms with Crippen LogP contribution in [0.25, 0.3) is 0 Å². The zero-order valence-electron chi connectivity index (χ0n) is 9.88. The summed E-state index contributed by atoms with van der Waals surface area (Å²) in [6.45, 7) is 5.41. The number of halogens is 2. The Kier molecular flexibility index (Phi) is 5.11. The molecule has 0 spiro atoms. The van der Waals surface area contributed by atoms with E-state index >= 15 is 0 Å². The summed E-state index contributed by atoms with van der Waals surface area (Å²) in [5.41, 5.74) is 1.07. The van der Waals surface area contributed by atoms with Crippen molar-refractivity contribution >= 4 is 23.2 Å². The van der Waals surface area contributed by atoms with Gasteiger partial charge in [-0.25, -0.2) is 0 Å². The fourth-order valence-electron chi connectivity index (χ4n) is 2.15. The summed E-state index contributed by atoms with van der Waals surface area (Å²) in [6.07, 6.45) is 2.69. The number of likely N-dealkylation sites (tertiary alicyclic amines) is 1. The Hall–Kier alpha value is -0.280. The molecule has 0 unspecified atom stereocenters. The van der Waals surface area contributed by atoms with Crippen LogP contribution in [0.2, 0.25) is 10.0 Å². The van der Waals surface area contributed by atoms with Crippen LogP contribution >= 0.6 is 23.2 Å². The number of hydrogen-bond donors (Lipinski definition) is 1. The smallest absolute Gasteiger partial charge is 0.0637 e. The molecule has 1 aliphatic heterocycles. The van der Waals surface area contributed by atoms with Gasteiger partial charge in [0.2, 0.25) is 0 Å². The van der Waals surface area contributed by atoms with Crippen molar-refractivity contribution in [3.05, 3.63) is 33.8 Å². The third-order valence-corrected chi connectivity index (χ3v) is 4.01. The third kappa shape index (κ3) is 3.85. The third-order valence-electron chi connectivity index (χ3n) is 3.15. The van der Waals surface area contributed by atoms with E-state index in [2.05, 4.69) is 10.2 Å². The van der Waals surface area contributed by atoms with Crippen molar-refractivity contribution in [3.63, 3.8) is 0 Å². The van der Waals surface area contributed by atoms with Crippen LogP contribution in [0, 0.1) is 0 Å². The van der Waals surface area contributed by atoms with Gasteiger partial charge in [0.15, 0.2) is 0 Å². The van der Waals surface area contributed by atoms with Crippen molar-refractivity contribution < 1.29 is 0 Å². The van der Waals surface area contributed by atoms with Gasteiger partial charge in [0.05, 0.1) is 10.0 Å². The lowest BCUT2D eigenvalue weighted by Gasteiger charge is -2.15. The summed E-state index contributed by atoms with van der Waals surface area (Å²) in [7, 11) is 0. The lowest BCUT2D eigenvalue weighted by molar-refractivity contribution is 0.335. The monoisotopic (exact) mass is 272 g/mol. The quantitative estimate of drug-likeness (QED) is 0.829. The van der Waals surface area contributed by atoms with E-state index in [-0.39, 0.29) is 0 Å². The first-order chi connectivity index (χ1) is 8.27. The molecule has 4 heteroatoms. The molecular formula is C13H18Cl2N2. The summed E-state index contributed by atoms with van der Waals surface area (Å²) in [5.74, 6) is 0. The van der Waals surface area contributed by atoms with Crippen LogP contribution in [0.5, 0.6) is 0 Å². The molecule has 2 rings (SSSR count). The van der Waals surface area contributed by atoms with E-state index in [1.165, 1.54) is 25.9 Å². The topological polar surface area (TPSA) is 15.3 Å². The van der Waals surface area contributed by atoms with Gasteiger partial charge in [-0.2, -0.15) is 0 Å². The molecule has 1 aromatic rings. The highest BCUT2D eigenvalue weighted by atomic mass is 35.5. The predicted molar refractivity (Wildman–Crippen MR) is 73.8 cm³/mol. The van der Waals surface area contributed by atoms with Gasteiger partial charge < -0.3 is 10.2 Å². The van der Waals surface area contributed by atoms with E-state index in [1.807, 2.05) is 18.2 Å². The molecule has 1 aliphatic rings. The second kappa shape index (κ2) is 6.60. The van der Waals surface area contributed by atoms with Gasteiger partial charge in [0, 0.05) is 19.6 Å². The number of nitrogens with zero attached hydrogens (tertiary/aromatic N) is 1. The zero-order valence-corrected chi connectivity index (χ0v) is 11.4. The van der Waals surface area contributed by atoms with Gasteiger partial charge in [-0.3, -0.25) is 0 Å². The van der Waals surface area contributed by atoms with Crippen molar-refractivity contribution in [1.82, 2.24) is 10.2 Å². The fraction of sp³-hybridized carbons (Fsp3) is 0.538. The molecule has 17 heavy (non-hydrogen) atoms. The minimum atomic E-state index is 0.630. The van der Waals surface area contributed by atoms with Gasteiger partial charge in [-0.15, -0.1) is 0 Å². The summed E-state index contributed by atoms with van der Waals surface area (Å²) in [4.78, 5) is 2.49. The van der Waals surface area contributed by atoms with Crippen molar-refractivity contribution in [1.29, 1.82) is 0 Å². The van der Waals surface area contributed by atoms with Gasteiger partial charge in [-0.05, 0) is 37.6 Å². The second-order valence-corrected chi connectivity index (χ2v) is 5.22. The molecule has 1 saturated heterocycles. The highest BCUT2D eigenvalue weighted by Gasteiger charge is 2.10. The first-order valence-electron chi connectivity index (χ1n) is 6.13. The molecular weight excluding hydrogens is 255 g/mol. The van der Waals surface area contributed by atoms with E-state index in [0.29, 0.717) is 10.0 Å². The van der Waals surface area contributed by atoms with Crippen LogP contribution in [-0.2, 0) is 6.54 Å². The van der Waals surface area contributed by atoms with Gasteiger partial charge >= 0.3 is 0 Å². The van der Waals surface area contributed by atoms with Gasteiger partial charge in [-0.1, -0.05) is 35.3 Å². The van der Waals surface area contributed by atoms with Crippen LogP contribution in [0.1, 0.15) is 18.4 Å². The number of nitrogens with one attached hydrogen (secondary N) is 1. The van der Waals surface area contributed by atoms with Crippen molar-refractivity contribution in [2.24, 2.45) is 0 Å². The van der Waals surface area contributed by atoms with E-state index in [0.717, 1.165) is 25.2 Å². The van der Waals surface area contributed by atoms with Gasteiger partial charge in [0.1, 0.15) is 0 Å². The van der Waals surface area contributed by atoms with Crippen LogP contribution in [0.15, 0.2) is 18.2 Å². The minimum Gasteiger partial charge on any atom is -0.311 e. The average molecular weight is 273 g/mol. The van der Waals surface area contributed by atoms with E-state index in [9.17, 15) is 0 Å². The first kappa shape index (κ1) is 13.2. The van der Waals surface area contributed by atoms with E-state index in [1.54, 1.807) is 0 Å². The predicted octanol–water partition coefficient (Wildman–Crippen LogP) is 3.18. The summed E-state index contributed by atoms with van der Waals surface area (Å²) >= 11 is 12.1. The summed E-state index contributed by atoms with van der Waals surface area (Å²) in [5, 5.41) is 4.71. The van der Waals surface area contributed by atoms with Crippen molar-refractivity contribution in [3.8, 4) is 0 Å². The molecule has 0 bridgehead atoms. The zero-order chi connectivity index (χ0) is 12.1.